The van der Waals surface area contributed by atoms with Crippen LogP contribution in [0.3, 0.4) is 0 Å². The number of hydrogen-bond acceptors (Lipinski definition) is 3. The number of hydrogen-bond donors (Lipinski definition) is 1. The molecule has 0 aliphatic rings. The Kier molecular flexibility index (Phi) is 4.07. The monoisotopic (exact) mass is 341 g/mol. The molecule has 0 radical (unpaired) electrons. The fourth-order valence-corrected chi connectivity index (χ4v) is 2.20. The second kappa shape index (κ2) is 5.59. The molecule has 0 amide bonds. The molecule has 0 saturated heterocycles. The third-order valence-corrected chi connectivity index (χ3v) is 3.19. The van der Waals surface area contributed by atoms with E-state index in [0.29, 0.717) is 20.9 Å². The normalized spacial score (nSPS) is 10.3. The molecule has 0 spiro atoms. The van der Waals surface area contributed by atoms with Crippen LogP contribution in [0.4, 0.5) is 0 Å². The van der Waals surface area contributed by atoms with Crippen LogP contribution in [0.1, 0.15) is 16.1 Å². The fraction of sp³-hybridized carbons (Fsp3) is 0.0769. The van der Waals surface area contributed by atoms with Gasteiger partial charge in [0.15, 0.2) is 0 Å². The Morgan fingerprint density at radius 2 is 2.11 bits per heavy atom. The van der Waals surface area contributed by atoms with Crippen molar-refractivity contribution < 1.29 is 14.6 Å². The summed E-state index contributed by atoms with van der Waals surface area (Å²) in [5.41, 5.74) is 0.678. The minimum Gasteiger partial charge on any atom is -0.477 e. The Labute approximate surface area is 123 Å². The first kappa shape index (κ1) is 13.8. The van der Waals surface area contributed by atoms with E-state index in [-0.39, 0.29) is 11.4 Å². The first-order valence-corrected chi connectivity index (χ1v) is 6.48. The van der Waals surface area contributed by atoms with Crippen molar-refractivity contribution in [2.45, 2.75) is 6.92 Å². The zero-order chi connectivity index (χ0) is 14.0. The van der Waals surface area contributed by atoms with Crippen LogP contribution in [0.5, 0.6) is 11.6 Å². The second-order valence-electron chi connectivity index (χ2n) is 3.79. The van der Waals surface area contributed by atoms with Crippen molar-refractivity contribution >= 4 is 33.5 Å². The average molecular weight is 343 g/mol. The molecule has 19 heavy (non-hydrogen) atoms. The second-order valence-corrected chi connectivity index (χ2v) is 5.08. The number of aryl methyl sites for hydroxylation is 1. The van der Waals surface area contributed by atoms with Crippen molar-refractivity contribution in [1.82, 2.24) is 4.98 Å². The van der Waals surface area contributed by atoms with Gasteiger partial charge in [0.05, 0.1) is 4.47 Å². The number of nitrogens with zero attached hydrogens (tertiary/aromatic N) is 1. The van der Waals surface area contributed by atoms with E-state index in [1.165, 1.54) is 6.07 Å². The molecule has 0 aliphatic heterocycles. The molecule has 0 aliphatic carbocycles. The number of carbonyl (C=O) groups is 1. The van der Waals surface area contributed by atoms with Crippen molar-refractivity contribution in [3.05, 3.63) is 51.1 Å². The smallest absolute Gasteiger partial charge is 0.341 e. The van der Waals surface area contributed by atoms with Gasteiger partial charge < -0.3 is 9.84 Å². The maximum absolute atomic E-state index is 11.1. The Balaban J connectivity index is 2.42. The lowest BCUT2D eigenvalue weighted by molar-refractivity contribution is 0.0693. The summed E-state index contributed by atoms with van der Waals surface area (Å²) in [5.74, 6) is -0.590. The van der Waals surface area contributed by atoms with Crippen LogP contribution in [-0.2, 0) is 0 Å². The summed E-state index contributed by atoms with van der Waals surface area (Å²) in [4.78, 5) is 15.2. The number of carboxylic acids is 1. The largest absolute Gasteiger partial charge is 0.477 e. The van der Waals surface area contributed by atoms with E-state index in [9.17, 15) is 4.79 Å². The van der Waals surface area contributed by atoms with E-state index in [2.05, 4.69) is 20.9 Å². The molecule has 2 aromatic rings. The molecule has 0 bridgehead atoms. The molecule has 4 nitrogen and oxygen atoms in total. The Morgan fingerprint density at radius 3 is 2.74 bits per heavy atom. The SMILES string of the molecule is Cc1ccc(C(=O)O)c(Oc2ccc(Cl)cc2Br)n1. The molecule has 1 aromatic carbocycles. The van der Waals surface area contributed by atoms with Gasteiger partial charge in [-0.3, -0.25) is 0 Å². The molecule has 1 aromatic heterocycles. The zero-order valence-corrected chi connectivity index (χ0v) is 12.2. The topological polar surface area (TPSA) is 59.4 Å². The third kappa shape index (κ3) is 3.24. The number of pyridine rings is 1. The lowest BCUT2D eigenvalue weighted by atomic mass is 10.2. The van der Waals surface area contributed by atoms with E-state index in [1.54, 1.807) is 31.2 Å². The molecule has 98 valence electrons. The van der Waals surface area contributed by atoms with E-state index in [0.717, 1.165) is 0 Å². The van der Waals surface area contributed by atoms with Crippen LogP contribution in [0.25, 0.3) is 0 Å². The lowest BCUT2D eigenvalue weighted by Crippen LogP contribution is -2.03. The van der Waals surface area contributed by atoms with Gasteiger partial charge in [0, 0.05) is 10.7 Å². The van der Waals surface area contributed by atoms with Gasteiger partial charge in [-0.1, -0.05) is 11.6 Å². The highest BCUT2D eigenvalue weighted by Crippen LogP contribution is 2.32. The van der Waals surface area contributed by atoms with E-state index in [4.69, 9.17) is 21.4 Å². The van der Waals surface area contributed by atoms with Crippen molar-refractivity contribution in [2.75, 3.05) is 0 Å². The molecule has 1 heterocycles. The number of benzene rings is 1. The summed E-state index contributed by atoms with van der Waals surface area (Å²) in [6, 6.07) is 8.03. The summed E-state index contributed by atoms with van der Waals surface area (Å²) < 4.78 is 6.16. The number of aromatic carboxylic acids is 1. The highest BCUT2D eigenvalue weighted by atomic mass is 79.9. The maximum Gasteiger partial charge on any atom is 0.341 e. The van der Waals surface area contributed by atoms with Crippen LogP contribution < -0.4 is 4.74 Å². The molecule has 2 rings (SSSR count). The predicted octanol–water partition coefficient (Wildman–Crippen LogP) is 4.30. The van der Waals surface area contributed by atoms with E-state index in [1.807, 2.05) is 0 Å². The standard InChI is InChI=1S/C13H9BrClNO3/c1-7-2-4-9(13(17)18)12(16-7)19-11-5-3-8(15)6-10(11)14/h2-6H,1H3,(H,17,18). The van der Waals surface area contributed by atoms with Gasteiger partial charge >= 0.3 is 5.97 Å². The number of ether oxygens (including phenoxy) is 1. The van der Waals surface area contributed by atoms with Gasteiger partial charge in [0.25, 0.3) is 0 Å². The Bertz CT molecular complexity index is 646. The van der Waals surface area contributed by atoms with Crippen LogP contribution in [0.2, 0.25) is 5.02 Å². The van der Waals surface area contributed by atoms with Gasteiger partial charge in [-0.2, -0.15) is 0 Å². The molecular weight excluding hydrogens is 334 g/mol. The van der Waals surface area contributed by atoms with Gasteiger partial charge in [-0.15, -0.1) is 0 Å². The molecule has 6 heteroatoms. The minimum absolute atomic E-state index is 0.00690. The quantitative estimate of drug-likeness (QED) is 0.903. The molecule has 0 fully saturated rings. The zero-order valence-electron chi connectivity index (χ0n) is 9.85. The van der Waals surface area contributed by atoms with Crippen molar-refractivity contribution in [3.8, 4) is 11.6 Å². The van der Waals surface area contributed by atoms with Crippen molar-refractivity contribution in [1.29, 1.82) is 0 Å². The van der Waals surface area contributed by atoms with Gasteiger partial charge in [0.1, 0.15) is 11.3 Å². The Hall–Kier alpha value is -1.59. The maximum atomic E-state index is 11.1. The molecule has 0 atom stereocenters. The number of halogens is 2. The van der Waals surface area contributed by atoms with Crippen molar-refractivity contribution in [2.24, 2.45) is 0 Å². The summed E-state index contributed by atoms with van der Waals surface area (Å²) in [6.07, 6.45) is 0. The average Bonchev–Trinajstić information content (AvgIpc) is 2.32. The summed E-state index contributed by atoms with van der Waals surface area (Å²) in [6.45, 7) is 1.76. The molecule has 1 N–H and O–H groups in total. The summed E-state index contributed by atoms with van der Waals surface area (Å²) >= 11 is 9.13. The summed E-state index contributed by atoms with van der Waals surface area (Å²) in [5, 5.41) is 9.65. The van der Waals surface area contributed by atoms with Crippen LogP contribution in [-0.4, -0.2) is 16.1 Å². The van der Waals surface area contributed by atoms with Crippen molar-refractivity contribution in [3.63, 3.8) is 0 Å². The minimum atomic E-state index is -1.09. The first-order valence-electron chi connectivity index (χ1n) is 5.31. The van der Waals surface area contributed by atoms with E-state index >= 15 is 0 Å². The third-order valence-electron chi connectivity index (χ3n) is 2.33. The van der Waals surface area contributed by atoms with Gasteiger partial charge in [-0.05, 0) is 53.2 Å². The number of aromatic nitrogens is 1. The fourth-order valence-electron chi connectivity index (χ4n) is 1.44. The van der Waals surface area contributed by atoms with Crippen LogP contribution in [0.15, 0.2) is 34.8 Å². The molecular formula is C13H9BrClNO3. The van der Waals surface area contributed by atoms with Crippen LogP contribution >= 0.6 is 27.5 Å². The molecule has 0 unspecified atom stereocenters. The highest BCUT2D eigenvalue weighted by Gasteiger charge is 2.15. The number of rotatable bonds is 3. The Morgan fingerprint density at radius 1 is 1.37 bits per heavy atom. The van der Waals surface area contributed by atoms with Crippen LogP contribution in [0, 0.1) is 6.92 Å². The lowest BCUT2D eigenvalue weighted by Gasteiger charge is -2.10. The van der Waals surface area contributed by atoms with E-state index < -0.39 is 5.97 Å². The van der Waals surface area contributed by atoms with Gasteiger partial charge in [0.2, 0.25) is 5.88 Å². The number of carboxylic acid groups (broad SMARTS) is 1. The predicted molar refractivity (Wildman–Crippen MR) is 75.2 cm³/mol. The summed E-state index contributed by atoms with van der Waals surface area (Å²) in [7, 11) is 0. The first-order chi connectivity index (χ1) is 8.97. The van der Waals surface area contributed by atoms with Gasteiger partial charge in [-0.25, -0.2) is 9.78 Å². The highest BCUT2D eigenvalue weighted by molar-refractivity contribution is 9.10. The molecule has 0 saturated carbocycles.